The fourth-order valence-electron chi connectivity index (χ4n) is 4.19. The topological polar surface area (TPSA) is 93.0 Å². The second-order valence-corrected chi connectivity index (χ2v) is 7.93. The molecule has 160 valence electrons. The third-order valence-electron chi connectivity index (χ3n) is 5.66. The van der Waals surface area contributed by atoms with Crippen LogP contribution in [0.5, 0.6) is 0 Å². The maximum Gasteiger partial charge on any atom is 0.269 e. The second kappa shape index (κ2) is 7.74. The van der Waals surface area contributed by atoms with Gasteiger partial charge in [0.15, 0.2) is 6.10 Å². The number of amides is 2. The maximum absolute atomic E-state index is 13.5. The van der Waals surface area contributed by atoms with Crippen molar-refractivity contribution < 1.29 is 19.3 Å². The van der Waals surface area contributed by atoms with Crippen LogP contribution < -0.4 is 9.96 Å². The Morgan fingerprint density at radius 1 is 0.844 bits per heavy atom. The summed E-state index contributed by atoms with van der Waals surface area (Å²) >= 11 is 6.05. The molecule has 3 aromatic rings. The lowest BCUT2D eigenvalue weighted by Gasteiger charge is -2.28. The quantitative estimate of drug-likeness (QED) is 0.335. The van der Waals surface area contributed by atoms with Crippen molar-refractivity contribution in [3.05, 3.63) is 99.6 Å². The number of carbonyl (C=O) groups excluding carboxylic acids is 2. The Kier molecular flexibility index (Phi) is 4.88. The van der Waals surface area contributed by atoms with E-state index in [-0.39, 0.29) is 11.4 Å². The van der Waals surface area contributed by atoms with E-state index in [1.165, 1.54) is 24.3 Å². The highest BCUT2D eigenvalue weighted by Gasteiger charge is 2.60. The van der Waals surface area contributed by atoms with Gasteiger partial charge >= 0.3 is 0 Å². The van der Waals surface area contributed by atoms with Crippen LogP contribution in [-0.4, -0.2) is 22.8 Å². The second-order valence-electron chi connectivity index (χ2n) is 7.49. The molecule has 2 aliphatic heterocycles. The smallest absolute Gasteiger partial charge is 0.269 e. The summed E-state index contributed by atoms with van der Waals surface area (Å²) in [4.78, 5) is 44.2. The summed E-state index contributed by atoms with van der Waals surface area (Å²) < 4.78 is 0. The first-order valence-electron chi connectivity index (χ1n) is 9.84. The van der Waals surface area contributed by atoms with Crippen LogP contribution >= 0.6 is 11.6 Å². The summed E-state index contributed by atoms with van der Waals surface area (Å²) in [6.07, 6.45) is -1.02. The summed E-state index contributed by atoms with van der Waals surface area (Å²) in [5.41, 5.74) is 1.63. The minimum absolute atomic E-state index is 0.126. The van der Waals surface area contributed by atoms with Crippen LogP contribution in [0.2, 0.25) is 5.02 Å². The lowest BCUT2D eigenvalue weighted by molar-refractivity contribution is -0.384. The molecule has 3 unspecified atom stereocenters. The summed E-state index contributed by atoms with van der Waals surface area (Å²) in [6, 6.07) is 21.0. The molecule has 2 amide bonds. The van der Waals surface area contributed by atoms with E-state index in [1.54, 1.807) is 29.3 Å². The molecule has 0 saturated carbocycles. The minimum Gasteiger partial charge on any atom is -0.273 e. The van der Waals surface area contributed by atoms with Crippen LogP contribution in [0.4, 0.5) is 17.1 Å². The number of imide groups is 1. The predicted octanol–water partition coefficient (Wildman–Crippen LogP) is 4.30. The van der Waals surface area contributed by atoms with E-state index in [2.05, 4.69) is 0 Å². The Hall–Kier alpha value is -3.75. The molecule has 3 aromatic carbocycles. The highest BCUT2D eigenvalue weighted by atomic mass is 35.5. The molecule has 0 aromatic heterocycles. The average Bonchev–Trinajstić information content (AvgIpc) is 3.31. The van der Waals surface area contributed by atoms with Gasteiger partial charge in [-0.05, 0) is 42.0 Å². The molecule has 32 heavy (non-hydrogen) atoms. The number of anilines is 2. The van der Waals surface area contributed by atoms with E-state index in [9.17, 15) is 19.7 Å². The number of hydrogen-bond donors (Lipinski definition) is 0. The lowest BCUT2D eigenvalue weighted by atomic mass is 9.90. The molecule has 8 nitrogen and oxygen atoms in total. The Balaban J connectivity index is 1.55. The van der Waals surface area contributed by atoms with Crippen molar-refractivity contribution in [3.63, 3.8) is 0 Å². The van der Waals surface area contributed by atoms with Gasteiger partial charge in [-0.2, -0.15) is 0 Å². The monoisotopic (exact) mass is 449 g/mol. The van der Waals surface area contributed by atoms with E-state index in [0.717, 1.165) is 10.5 Å². The van der Waals surface area contributed by atoms with Gasteiger partial charge in [0.25, 0.3) is 11.6 Å². The summed E-state index contributed by atoms with van der Waals surface area (Å²) in [7, 11) is 0. The van der Waals surface area contributed by atoms with Gasteiger partial charge in [-0.15, -0.1) is 0 Å². The summed E-state index contributed by atoms with van der Waals surface area (Å²) in [6.45, 7) is 0. The Bertz CT molecular complexity index is 1200. The number of benzene rings is 3. The molecule has 0 radical (unpaired) electrons. The van der Waals surface area contributed by atoms with E-state index >= 15 is 0 Å². The van der Waals surface area contributed by atoms with Crippen molar-refractivity contribution in [1.82, 2.24) is 0 Å². The van der Waals surface area contributed by atoms with Crippen molar-refractivity contribution in [1.29, 1.82) is 0 Å². The van der Waals surface area contributed by atoms with Crippen LogP contribution in [0.3, 0.4) is 0 Å². The van der Waals surface area contributed by atoms with E-state index < -0.39 is 34.8 Å². The van der Waals surface area contributed by atoms with Gasteiger partial charge in [0.05, 0.1) is 22.3 Å². The molecule has 5 rings (SSSR count). The van der Waals surface area contributed by atoms with Crippen molar-refractivity contribution in [2.45, 2.75) is 12.1 Å². The van der Waals surface area contributed by atoms with Gasteiger partial charge < -0.3 is 0 Å². The number of non-ortho nitro benzene ring substituents is 1. The average molecular weight is 450 g/mol. The molecule has 9 heteroatoms. The minimum atomic E-state index is -1.02. The van der Waals surface area contributed by atoms with Gasteiger partial charge in [-0.25, -0.2) is 9.96 Å². The standard InChI is InChI=1S/C23H16ClN3O5/c24-15-8-6-14(7-9-15)20-19-21(32-26(20)17-4-2-1-3-5-17)23(29)25(22(19)28)16-10-12-18(13-11-16)27(30)31/h1-13,19-21H. The number of halogens is 1. The molecule has 2 fully saturated rings. The van der Waals surface area contributed by atoms with Crippen LogP contribution in [0.15, 0.2) is 78.9 Å². The largest absolute Gasteiger partial charge is 0.273 e. The van der Waals surface area contributed by atoms with Crippen LogP contribution in [0, 0.1) is 16.0 Å². The van der Waals surface area contributed by atoms with Crippen LogP contribution in [-0.2, 0) is 14.4 Å². The molecule has 3 atom stereocenters. The zero-order chi connectivity index (χ0) is 22.4. The number of hydrogen-bond acceptors (Lipinski definition) is 6. The molecule has 2 heterocycles. The fourth-order valence-corrected chi connectivity index (χ4v) is 4.32. The molecule has 0 N–H and O–H groups in total. The third kappa shape index (κ3) is 3.21. The normalized spacial score (nSPS) is 22.3. The van der Waals surface area contributed by atoms with E-state index in [0.29, 0.717) is 10.7 Å². The number of rotatable bonds is 4. The Morgan fingerprint density at radius 2 is 1.50 bits per heavy atom. The molecule has 0 spiro atoms. The first kappa shape index (κ1) is 20.2. The fraction of sp³-hybridized carbons (Fsp3) is 0.130. The molecule has 2 aliphatic rings. The maximum atomic E-state index is 13.5. The lowest BCUT2D eigenvalue weighted by Crippen LogP contribution is -2.37. The van der Waals surface area contributed by atoms with Gasteiger partial charge in [-0.3, -0.25) is 24.5 Å². The highest BCUT2D eigenvalue weighted by Crippen LogP contribution is 2.47. The number of nitro groups is 1. The SMILES string of the molecule is O=C1C2ON(c3ccccc3)C(c3ccc(Cl)cc3)C2C(=O)N1c1ccc([N+](=O)[O-])cc1. The number of para-hydroxylation sites is 1. The van der Waals surface area contributed by atoms with Gasteiger partial charge in [0.2, 0.25) is 5.91 Å². The molecular formula is C23H16ClN3O5. The summed E-state index contributed by atoms with van der Waals surface area (Å²) in [5.74, 6) is -1.72. The van der Waals surface area contributed by atoms with E-state index in [4.69, 9.17) is 16.4 Å². The molecular weight excluding hydrogens is 434 g/mol. The number of nitro benzene ring substituents is 1. The third-order valence-corrected chi connectivity index (χ3v) is 5.91. The first-order chi connectivity index (χ1) is 15.5. The Morgan fingerprint density at radius 3 is 2.12 bits per heavy atom. The van der Waals surface area contributed by atoms with Crippen LogP contribution in [0.25, 0.3) is 0 Å². The first-order valence-corrected chi connectivity index (χ1v) is 10.2. The summed E-state index contributed by atoms with van der Waals surface area (Å²) in [5, 5.41) is 13.1. The Labute approximate surface area is 187 Å². The zero-order valence-corrected chi connectivity index (χ0v) is 17.3. The molecule has 0 bridgehead atoms. The van der Waals surface area contributed by atoms with Gasteiger partial charge in [-0.1, -0.05) is 41.9 Å². The van der Waals surface area contributed by atoms with Crippen molar-refractivity contribution in [2.75, 3.05) is 9.96 Å². The van der Waals surface area contributed by atoms with E-state index in [1.807, 2.05) is 30.3 Å². The van der Waals surface area contributed by atoms with Crippen molar-refractivity contribution in [3.8, 4) is 0 Å². The number of nitrogens with zero attached hydrogens (tertiary/aromatic N) is 3. The highest BCUT2D eigenvalue weighted by molar-refractivity contribution is 6.30. The number of carbonyl (C=O) groups is 2. The molecule has 2 saturated heterocycles. The van der Waals surface area contributed by atoms with Gasteiger partial charge in [0.1, 0.15) is 5.92 Å². The zero-order valence-electron chi connectivity index (χ0n) is 16.5. The number of fused-ring (bicyclic) bond motifs is 1. The van der Waals surface area contributed by atoms with Crippen LogP contribution in [0.1, 0.15) is 11.6 Å². The van der Waals surface area contributed by atoms with Crippen molar-refractivity contribution in [2.24, 2.45) is 5.92 Å². The predicted molar refractivity (Wildman–Crippen MR) is 117 cm³/mol. The number of hydroxylamine groups is 1. The van der Waals surface area contributed by atoms with Gasteiger partial charge in [0, 0.05) is 17.2 Å². The van der Waals surface area contributed by atoms with Crippen molar-refractivity contribution >= 4 is 40.5 Å². The molecule has 0 aliphatic carbocycles.